The first-order valence-electron chi connectivity index (χ1n) is 6.51. The van der Waals surface area contributed by atoms with E-state index in [1.54, 1.807) is 18.2 Å². The highest BCUT2D eigenvalue weighted by atomic mass is 16.5. The van der Waals surface area contributed by atoms with Gasteiger partial charge in [-0.3, -0.25) is 4.79 Å². The summed E-state index contributed by atoms with van der Waals surface area (Å²) >= 11 is 0. The largest absolute Gasteiger partial charge is 0.494 e. The third-order valence-corrected chi connectivity index (χ3v) is 2.40. The van der Waals surface area contributed by atoms with Gasteiger partial charge in [0.2, 0.25) is 5.91 Å². The van der Waals surface area contributed by atoms with Gasteiger partial charge in [0.15, 0.2) is 0 Å². The van der Waals surface area contributed by atoms with Gasteiger partial charge in [0.25, 0.3) is 0 Å². The molecule has 0 aliphatic carbocycles. The lowest BCUT2D eigenvalue weighted by Crippen LogP contribution is -2.13. The zero-order valence-electron chi connectivity index (χ0n) is 11.4. The molecule has 0 aliphatic heterocycles. The molecule has 106 valence electrons. The van der Waals surface area contributed by atoms with Crippen LogP contribution in [0.4, 0.5) is 5.69 Å². The molecule has 1 aromatic rings. The van der Waals surface area contributed by atoms with Gasteiger partial charge in [0.05, 0.1) is 18.9 Å². The van der Waals surface area contributed by atoms with Crippen LogP contribution in [0, 0.1) is 0 Å². The Hall–Kier alpha value is -1.75. The molecule has 19 heavy (non-hydrogen) atoms. The molecule has 0 aromatic heterocycles. The minimum absolute atomic E-state index is 0.00469. The number of nitrogens with one attached hydrogen (secondary N) is 1. The maximum absolute atomic E-state index is 11.7. The first-order valence-corrected chi connectivity index (χ1v) is 6.51. The summed E-state index contributed by atoms with van der Waals surface area (Å²) in [6, 6.07) is 5.32. The van der Waals surface area contributed by atoms with Crippen LogP contribution < -0.4 is 14.8 Å². The zero-order chi connectivity index (χ0) is 14.1. The predicted octanol–water partition coefficient (Wildman–Crippen LogP) is 2.19. The van der Waals surface area contributed by atoms with E-state index in [1.165, 1.54) is 0 Å². The molecule has 0 unspecified atom stereocenters. The van der Waals surface area contributed by atoms with E-state index in [9.17, 15) is 4.79 Å². The number of aliphatic hydroxyl groups is 1. The van der Waals surface area contributed by atoms with E-state index in [0.717, 1.165) is 0 Å². The van der Waals surface area contributed by atoms with Crippen LogP contribution in [0.5, 0.6) is 11.5 Å². The third-order valence-electron chi connectivity index (χ3n) is 2.40. The molecule has 0 aliphatic rings. The molecule has 0 saturated carbocycles. The predicted molar refractivity (Wildman–Crippen MR) is 73.7 cm³/mol. The second kappa shape index (κ2) is 8.37. The fourth-order valence-electron chi connectivity index (χ4n) is 1.60. The molecule has 1 rings (SSSR count). The Labute approximate surface area is 113 Å². The summed E-state index contributed by atoms with van der Waals surface area (Å²) in [5.41, 5.74) is 0.593. The van der Waals surface area contributed by atoms with Gasteiger partial charge in [-0.15, -0.1) is 0 Å². The van der Waals surface area contributed by atoms with E-state index in [2.05, 4.69) is 5.32 Å². The lowest BCUT2D eigenvalue weighted by molar-refractivity contribution is -0.116. The summed E-state index contributed by atoms with van der Waals surface area (Å²) < 4.78 is 10.9. The highest BCUT2D eigenvalue weighted by Crippen LogP contribution is 2.29. The van der Waals surface area contributed by atoms with Gasteiger partial charge < -0.3 is 19.9 Å². The van der Waals surface area contributed by atoms with Crippen molar-refractivity contribution in [2.24, 2.45) is 0 Å². The first kappa shape index (κ1) is 15.3. The number of carbonyl (C=O) groups is 1. The number of amides is 1. The molecule has 0 heterocycles. The zero-order valence-corrected chi connectivity index (χ0v) is 11.4. The van der Waals surface area contributed by atoms with Crippen molar-refractivity contribution in [3.05, 3.63) is 18.2 Å². The topological polar surface area (TPSA) is 67.8 Å². The Morgan fingerprint density at radius 3 is 2.63 bits per heavy atom. The number of rotatable bonds is 8. The van der Waals surface area contributed by atoms with Crippen molar-refractivity contribution < 1.29 is 19.4 Å². The summed E-state index contributed by atoms with van der Waals surface area (Å²) in [4.78, 5) is 11.7. The van der Waals surface area contributed by atoms with Crippen LogP contribution in [0.15, 0.2) is 18.2 Å². The Morgan fingerprint density at radius 1 is 1.26 bits per heavy atom. The molecule has 5 heteroatoms. The van der Waals surface area contributed by atoms with Crippen LogP contribution >= 0.6 is 0 Å². The van der Waals surface area contributed by atoms with E-state index >= 15 is 0 Å². The van der Waals surface area contributed by atoms with Crippen molar-refractivity contribution >= 4 is 11.6 Å². The number of hydrogen-bond donors (Lipinski definition) is 2. The molecule has 0 bridgehead atoms. The quantitative estimate of drug-likeness (QED) is 0.757. The summed E-state index contributed by atoms with van der Waals surface area (Å²) in [7, 11) is 0. The monoisotopic (exact) mass is 267 g/mol. The summed E-state index contributed by atoms with van der Waals surface area (Å²) in [5, 5.41) is 11.5. The van der Waals surface area contributed by atoms with E-state index in [0.29, 0.717) is 36.8 Å². The van der Waals surface area contributed by atoms with Gasteiger partial charge >= 0.3 is 0 Å². The molecule has 0 atom stereocenters. The van der Waals surface area contributed by atoms with E-state index in [1.807, 2.05) is 13.8 Å². The molecule has 0 fully saturated rings. The van der Waals surface area contributed by atoms with Gasteiger partial charge in [-0.1, -0.05) is 0 Å². The molecule has 1 amide bonds. The van der Waals surface area contributed by atoms with Gasteiger partial charge in [-0.25, -0.2) is 0 Å². The summed E-state index contributed by atoms with van der Waals surface area (Å²) in [5.74, 6) is 1.15. The lowest BCUT2D eigenvalue weighted by Gasteiger charge is -2.13. The van der Waals surface area contributed by atoms with Gasteiger partial charge in [-0.2, -0.15) is 0 Å². The number of benzene rings is 1. The lowest BCUT2D eigenvalue weighted by atomic mass is 10.2. The molecule has 1 aromatic carbocycles. The molecular weight excluding hydrogens is 246 g/mol. The molecule has 0 saturated heterocycles. The van der Waals surface area contributed by atoms with Gasteiger partial charge in [-0.05, 0) is 32.4 Å². The molecule has 2 N–H and O–H groups in total. The van der Waals surface area contributed by atoms with Crippen molar-refractivity contribution in [2.75, 3.05) is 25.1 Å². The number of aliphatic hydroxyl groups excluding tert-OH is 1. The number of carbonyl (C=O) groups excluding carboxylic acids is 1. The van der Waals surface area contributed by atoms with Crippen LogP contribution in [-0.2, 0) is 4.79 Å². The number of anilines is 1. The molecule has 0 radical (unpaired) electrons. The minimum Gasteiger partial charge on any atom is -0.494 e. The fourth-order valence-corrected chi connectivity index (χ4v) is 1.60. The maximum atomic E-state index is 11.7. The van der Waals surface area contributed by atoms with Crippen molar-refractivity contribution in [1.82, 2.24) is 0 Å². The highest BCUT2D eigenvalue weighted by molar-refractivity contribution is 5.92. The summed E-state index contributed by atoms with van der Waals surface area (Å²) in [6.07, 6.45) is 0.724. The van der Waals surface area contributed by atoms with Crippen LogP contribution in [0.25, 0.3) is 0 Å². The Bertz CT molecular complexity index is 406. The molecular formula is C14H21NO4. The smallest absolute Gasteiger partial charge is 0.224 e. The maximum Gasteiger partial charge on any atom is 0.224 e. The summed E-state index contributed by atoms with van der Waals surface area (Å²) in [6.45, 7) is 4.87. The van der Waals surface area contributed by atoms with Crippen molar-refractivity contribution in [3.8, 4) is 11.5 Å². The van der Waals surface area contributed by atoms with Crippen molar-refractivity contribution in [3.63, 3.8) is 0 Å². The fraction of sp³-hybridized carbons (Fsp3) is 0.500. The van der Waals surface area contributed by atoms with Crippen LogP contribution in [-0.4, -0.2) is 30.8 Å². The van der Waals surface area contributed by atoms with Crippen LogP contribution in [0.2, 0.25) is 0 Å². The molecule has 5 nitrogen and oxygen atoms in total. The molecule has 0 spiro atoms. The van der Waals surface area contributed by atoms with Crippen LogP contribution in [0.1, 0.15) is 26.7 Å². The first-order chi connectivity index (χ1) is 9.21. The van der Waals surface area contributed by atoms with E-state index < -0.39 is 0 Å². The van der Waals surface area contributed by atoms with Crippen molar-refractivity contribution in [2.45, 2.75) is 26.7 Å². The van der Waals surface area contributed by atoms with E-state index in [-0.39, 0.29) is 18.9 Å². The number of hydrogen-bond acceptors (Lipinski definition) is 4. The Morgan fingerprint density at radius 2 is 2.00 bits per heavy atom. The number of ether oxygens (including phenoxy) is 2. The van der Waals surface area contributed by atoms with Crippen molar-refractivity contribution in [1.29, 1.82) is 0 Å². The van der Waals surface area contributed by atoms with E-state index in [4.69, 9.17) is 14.6 Å². The van der Waals surface area contributed by atoms with Gasteiger partial charge in [0.1, 0.15) is 11.5 Å². The standard InChI is InChI=1S/C14H21NO4/c1-3-18-11-7-8-13(19-4-2)12(10-11)15-14(17)6-5-9-16/h7-8,10,16H,3-6,9H2,1-2H3,(H,15,17). The normalized spacial score (nSPS) is 10.1. The second-order valence-electron chi connectivity index (χ2n) is 3.90. The average molecular weight is 267 g/mol. The Kier molecular flexibility index (Phi) is 6.74. The average Bonchev–Trinajstić information content (AvgIpc) is 2.40. The SMILES string of the molecule is CCOc1ccc(OCC)c(NC(=O)CCCO)c1. The van der Waals surface area contributed by atoms with Gasteiger partial charge in [0, 0.05) is 19.1 Å². The third kappa shape index (κ3) is 5.18. The van der Waals surface area contributed by atoms with Crippen LogP contribution in [0.3, 0.4) is 0 Å². The Balaban J connectivity index is 2.80. The highest BCUT2D eigenvalue weighted by Gasteiger charge is 2.09. The second-order valence-corrected chi connectivity index (χ2v) is 3.90. The minimum atomic E-state index is -0.149.